The first-order valence-electron chi connectivity index (χ1n) is 10.5. The average Bonchev–Trinajstić information content (AvgIpc) is 2.84. The van der Waals surface area contributed by atoms with Gasteiger partial charge in [-0.1, -0.05) is 18.2 Å². The summed E-state index contributed by atoms with van der Waals surface area (Å²) >= 11 is 1.58. The number of piperazine rings is 1. The molecule has 1 atom stereocenters. The number of rotatable bonds is 7. The van der Waals surface area contributed by atoms with Gasteiger partial charge in [-0.15, -0.1) is 11.8 Å². The molecular formula is C24H26N4O3S. The van der Waals surface area contributed by atoms with Gasteiger partial charge in [-0.2, -0.15) is 0 Å². The summed E-state index contributed by atoms with van der Waals surface area (Å²) in [6, 6.07) is 19.3. The monoisotopic (exact) mass is 450 g/mol. The van der Waals surface area contributed by atoms with Crippen LogP contribution in [0.25, 0.3) is 0 Å². The molecule has 3 aromatic rings. The second-order valence-corrected chi connectivity index (χ2v) is 8.52. The highest BCUT2D eigenvalue weighted by Gasteiger charge is 2.28. The zero-order valence-corrected chi connectivity index (χ0v) is 19.0. The molecule has 1 aliphatic heterocycles. The maximum Gasteiger partial charge on any atom is 0.233 e. The quantitative estimate of drug-likeness (QED) is 0.502. The van der Waals surface area contributed by atoms with Crippen LogP contribution < -0.4 is 14.4 Å². The number of carbonyl (C=O) groups is 1. The predicted octanol–water partition coefficient (Wildman–Crippen LogP) is 4.11. The lowest BCUT2D eigenvalue weighted by Gasteiger charge is -2.40. The number of methoxy groups -OCH3 is 1. The van der Waals surface area contributed by atoms with Crippen LogP contribution in [0.1, 0.15) is 6.92 Å². The van der Waals surface area contributed by atoms with Gasteiger partial charge in [0, 0.05) is 36.6 Å². The van der Waals surface area contributed by atoms with E-state index in [4.69, 9.17) is 9.47 Å². The second kappa shape index (κ2) is 10.4. The number of hydrogen-bond acceptors (Lipinski definition) is 7. The third-order valence-electron chi connectivity index (χ3n) is 5.29. The number of benzene rings is 2. The molecule has 1 saturated heterocycles. The standard InChI is InChI=1S/C24H26N4O3S/c1-18-15-27(12-13-28(18)24(29)16-32-21-6-4-3-5-7-21)22-14-23(26-17-25-22)31-20-10-8-19(30-2)9-11-20/h3-11,14,17-18H,12-13,15-16H2,1-2H3/t18-/m0/s1. The van der Waals surface area contributed by atoms with Gasteiger partial charge < -0.3 is 19.3 Å². The van der Waals surface area contributed by atoms with Crippen LogP contribution in [-0.2, 0) is 4.79 Å². The summed E-state index contributed by atoms with van der Waals surface area (Å²) in [6.45, 7) is 4.16. The Morgan fingerprint density at radius 1 is 1.06 bits per heavy atom. The van der Waals surface area contributed by atoms with Crippen molar-refractivity contribution >= 4 is 23.5 Å². The molecule has 1 aromatic heterocycles. The molecule has 0 N–H and O–H groups in total. The van der Waals surface area contributed by atoms with Gasteiger partial charge in [0.2, 0.25) is 11.8 Å². The summed E-state index contributed by atoms with van der Waals surface area (Å²) in [7, 11) is 1.63. The van der Waals surface area contributed by atoms with Crippen LogP contribution in [0.15, 0.2) is 71.9 Å². The minimum Gasteiger partial charge on any atom is -0.497 e. The van der Waals surface area contributed by atoms with Crippen LogP contribution in [0.5, 0.6) is 17.4 Å². The molecule has 1 fully saturated rings. The fourth-order valence-electron chi connectivity index (χ4n) is 3.60. The molecule has 4 rings (SSSR count). The molecule has 0 bridgehead atoms. The van der Waals surface area contributed by atoms with Gasteiger partial charge in [0.05, 0.1) is 12.9 Å². The van der Waals surface area contributed by atoms with Crippen LogP contribution in [-0.4, -0.2) is 59.3 Å². The normalized spacial score (nSPS) is 16.0. The van der Waals surface area contributed by atoms with Crippen molar-refractivity contribution in [1.82, 2.24) is 14.9 Å². The second-order valence-electron chi connectivity index (χ2n) is 7.48. The molecule has 32 heavy (non-hydrogen) atoms. The third kappa shape index (κ3) is 5.50. The molecule has 0 spiro atoms. The number of amides is 1. The van der Waals surface area contributed by atoms with Crippen LogP contribution in [0, 0.1) is 0 Å². The van der Waals surface area contributed by atoms with Crippen molar-refractivity contribution < 1.29 is 14.3 Å². The first-order chi connectivity index (χ1) is 15.6. The molecule has 0 unspecified atom stereocenters. The van der Waals surface area contributed by atoms with E-state index in [1.807, 2.05) is 65.6 Å². The van der Waals surface area contributed by atoms with E-state index >= 15 is 0 Å². The lowest BCUT2D eigenvalue weighted by molar-refractivity contribution is -0.130. The minimum absolute atomic E-state index is 0.0912. The molecule has 0 radical (unpaired) electrons. The number of nitrogens with zero attached hydrogens (tertiary/aromatic N) is 4. The maximum atomic E-state index is 12.8. The van der Waals surface area contributed by atoms with Crippen LogP contribution in [0.4, 0.5) is 5.82 Å². The maximum absolute atomic E-state index is 12.8. The van der Waals surface area contributed by atoms with Crippen molar-refractivity contribution in [3.05, 3.63) is 67.0 Å². The Bertz CT molecular complexity index is 1030. The largest absolute Gasteiger partial charge is 0.497 e. The zero-order valence-electron chi connectivity index (χ0n) is 18.2. The number of ether oxygens (including phenoxy) is 2. The Kier molecular flexibility index (Phi) is 7.11. The van der Waals surface area contributed by atoms with Crippen LogP contribution in [0.2, 0.25) is 0 Å². The third-order valence-corrected chi connectivity index (χ3v) is 6.28. The van der Waals surface area contributed by atoms with Crippen LogP contribution >= 0.6 is 11.8 Å². The van der Waals surface area contributed by atoms with Crippen molar-refractivity contribution in [3.63, 3.8) is 0 Å². The molecular weight excluding hydrogens is 424 g/mol. The molecule has 0 saturated carbocycles. The number of aromatic nitrogens is 2. The summed E-state index contributed by atoms with van der Waals surface area (Å²) < 4.78 is 11.0. The van der Waals surface area contributed by atoms with E-state index in [9.17, 15) is 4.79 Å². The van der Waals surface area contributed by atoms with Gasteiger partial charge >= 0.3 is 0 Å². The van der Waals surface area contributed by atoms with Crippen molar-refractivity contribution in [3.8, 4) is 17.4 Å². The highest BCUT2D eigenvalue weighted by molar-refractivity contribution is 8.00. The number of anilines is 1. The summed E-state index contributed by atoms with van der Waals surface area (Å²) in [5, 5.41) is 0. The average molecular weight is 451 g/mol. The van der Waals surface area contributed by atoms with Crippen molar-refractivity contribution in [1.29, 1.82) is 0 Å². The molecule has 1 amide bonds. The molecule has 7 nitrogen and oxygen atoms in total. The summed E-state index contributed by atoms with van der Waals surface area (Å²) in [4.78, 5) is 26.6. The molecule has 2 aromatic carbocycles. The fraction of sp³-hybridized carbons (Fsp3) is 0.292. The SMILES string of the molecule is COc1ccc(Oc2cc(N3CCN(C(=O)CSc4ccccc4)[C@@H](C)C3)ncn2)cc1. The van der Waals surface area contributed by atoms with Gasteiger partial charge in [-0.25, -0.2) is 9.97 Å². The van der Waals surface area contributed by atoms with E-state index in [-0.39, 0.29) is 11.9 Å². The number of carbonyl (C=O) groups excluding carboxylic acids is 1. The van der Waals surface area contributed by atoms with Crippen LogP contribution in [0.3, 0.4) is 0 Å². The summed E-state index contributed by atoms with van der Waals surface area (Å²) in [5.41, 5.74) is 0. The van der Waals surface area contributed by atoms with E-state index in [1.165, 1.54) is 6.33 Å². The zero-order chi connectivity index (χ0) is 22.3. The van der Waals surface area contributed by atoms with E-state index in [1.54, 1.807) is 18.9 Å². The lowest BCUT2D eigenvalue weighted by Crippen LogP contribution is -2.54. The fourth-order valence-corrected chi connectivity index (χ4v) is 4.41. The Labute approximate surface area is 192 Å². The summed E-state index contributed by atoms with van der Waals surface area (Å²) in [6.07, 6.45) is 1.51. The van der Waals surface area contributed by atoms with Crippen molar-refractivity contribution in [2.24, 2.45) is 0 Å². The lowest BCUT2D eigenvalue weighted by atomic mass is 10.2. The topological polar surface area (TPSA) is 67.8 Å². The van der Waals surface area contributed by atoms with Gasteiger partial charge in [-0.3, -0.25) is 4.79 Å². The molecule has 166 valence electrons. The van der Waals surface area contributed by atoms with Crippen molar-refractivity contribution in [2.75, 3.05) is 37.4 Å². The highest BCUT2D eigenvalue weighted by Crippen LogP contribution is 2.26. The molecule has 1 aliphatic rings. The Morgan fingerprint density at radius 2 is 1.81 bits per heavy atom. The van der Waals surface area contributed by atoms with E-state index in [2.05, 4.69) is 21.8 Å². The molecule has 2 heterocycles. The first kappa shape index (κ1) is 22.0. The van der Waals surface area contributed by atoms with E-state index < -0.39 is 0 Å². The number of thioether (sulfide) groups is 1. The van der Waals surface area contributed by atoms with Gasteiger partial charge in [0.15, 0.2) is 0 Å². The summed E-state index contributed by atoms with van der Waals surface area (Å²) in [5.74, 6) is 3.32. The smallest absolute Gasteiger partial charge is 0.233 e. The minimum atomic E-state index is 0.0912. The Balaban J connectivity index is 1.34. The number of hydrogen-bond donors (Lipinski definition) is 0. The first-order valence-corrected chi connectivity index (χ1v) is 11.5. The Hall–Kier alpha value is -3.26. The van der Waals surface area contributed by atoms with Gasteiger partial charge in [0.1, 0.15) is 23.6 Å². The molecule has 0 aliphatic carbocycles. The van der Waals surface area contributed by atoms with Gasteiger partial charge in [0.25, 0.3) is 0 Å². The van der Waals surface area contributed by atoms with Crippen molar-refractivity contribution in [2.45, 2.75) is 17.9 Å². The Morgan fingerprint density at radius 3 is 2.53 bits per heavy atom. The van der Waals surface area contributed by atoms with Gasteiger partial charge in [-0.05, 0) is 43.3 Å². The van der Waals surface area contributed by atoms with E-state index in [0.717, 1.165) is 16.5 Å². The predicted molar refractivity (Wildman–Crippen MR) is 126 cm³/mol. The molecule has 8 heteroatoms. The highest BCUT2D eigenvalue weighted by atomic mass is 32.2. The van der Waals surface area contributed by atoms with E-state index in [0.29, 0.717) is 37.0 Å².